The number of rotatable bonds is 7. The third-order valence-electron chi connectivity index (χ3n) is 7.06. The molecule has 10 heteroatoms. The first kappa shape index (κ1) is 29.1. The summed E-state index contributed by atoms with van der Waals surface area (Å²) < 4.78 is 50.9. The molecule has 0 bridgehead atoms. The van der Waals surface area contributed by atoms with Crippen LogP contribution in [0.1, 0.15) is 35.1 Å². The molecule has 3 N–H and O–H groups in total. The second-order valence-electron chi connectivity index (χ2n) is 10.00. The van der Waals surface area contributed by atoms with Crippen molar-refractivity contribution in [2.24, 2.45) is 0 Å². The molecule has 2 aliphatic heterocycles. The maximum atomic E-state index is 13.2. The van der Waals surface area contributed by atoms with Gasteiger partial charge in [-0.25, -0.2) is 0 Å². The Morgan fingerprint density at radius 1 is 1.00 bits per heavy atom. The number of ether oxygens (including phenoxy) is 2. The lowest BCUT2D eigenvalue weighted by molar-refractivity contribution is -0.137. The van der Waals surface area contributed by atoms with E-state index in [4.69, 9.17) is 9.47 Å². The van der Waals surface area contributed by atoms with Crippen LogP contribution in [0.5, 0.6) is 5.75 Å². The fraction of sp³-hybridized carbons (Fsp3) is 0.250. The lowest BCUT2D eigenvalue weighted by atomic mass is 9.96. The van der Waals surface area contributed by atoms with E-state index in [1.54, 1.807) is 24.3 Å². The number of halogens is 3. The molecule has 1 atom stereocenters. The van der Waals surface area contributed by atoms with Gasteiger partial charge in [-0.05, 0) is 53.1 Å². The minimum atomic E-state index is -4.46. The molecule has 42 heavy (non-hydrogen) atoms. The van der Waals surface area contributed by atoms with Crippen molar-refractivity contribution in [1.29, 1.82) is 0 Å². The number of nitrogens with one attached hydrogen (secondary N) is 2. The van der Waals surface area contributed by atoms with Gasteiger partial charge in [-0.2, -0.15) is 13.2 Å². The first-order valence-electron chi connectivity index (χ1n) is 13.5. The molecule has 0 aliphatic carbocycles. The zero-order valence-corrected chi connectivity index (χ0v) is 22.5. The zero-order chi connectivity index (χ0) is 29.7. The number of aliphatic hydroxyl groups excluding tert-OH is 1. The molecule has 7 nitrogen and oxygen atoms in total. The van der Waals surface area contributed by atoms with Gasteiger partial charge >= 0.3 is 6.18 Å². The Balaban J connectivity index is 1.37. The van der Waals surface area contributed by atoms with E-state index in [0.717, 1.165) is 30.5 Å². The van der Waals surface area contributed by atoms with Gasteiger partial charge in [-0.15, -0.1) is 0 Å². The van der Waals surface area contributed by atoms with Crippen LogP contribution in [0.4, 0.5) is 24.5 Å². The summed E-state index contributed by atoms with van der Waals surface area (Å²) in [4.78, 5) is 24.5. The maximum absolute atomic E-state index is 13.2. The van der Waals surface area contributed by atoms with Crippen LogP contribution in [0.2, 0.25) is 0 Å². The van der Waals surface area contributed by atoms with Gasteiger partial charge in [-0.3, -0.25) is 9.59 Å². The Labute approximate surface area is 240 Å². The number of hydrogen-bond acceptors (Lipinski definition) is 5. The van der Waals surface area contributed by atoms with Crippen LogP contribution in [-0.4, -0.2) is 42.3 Å². The van der Waals surface area contributed by atoms with Crippen LogP contribution >= 0.6 is 0 Å². The molecular formula is C32H29F3N2O5. The molecule has 2 heterocycles. The number of benzene rings is 3. The molecule has 3 aromatic rings. The quantitative estimate of drug-likeness (QED) is 0.245. The monoisotopic (exact) mass is 578 g/mol. The first-order chi connectivity index (χ1) is 20.2. The molecule has 1 fully saturated rings. The predicted octanol–water partition coefficient (Wildman–Crippen LogP) is 5.75. The molecule has 2 aliphatic rings. The van der Waals surface area contributed by atoms with Crippen LogP contribution in [0, 0.1) is 0 Å². The third kappa shape index (κ3) is 7.07. The van der Waals surface area contributed by atoms with Crippen LogP contribution in [0.25, 0.3) is 5.57 Å². The summed E-state index contributed by atoms with van der Waals surface area (Å²) in [7, 11) is 0. The van der Waals surface area contributed by atoms with E-state index in [1.165, 1.54) is 24.3 Å². The average molecular weight is 579 g/mol. The lowest BCUT2D eigenvalue weighted by Crippen LogP contribution is -2.34. The standard InChI is InChI=1S/C32H29F3N2O5/c33-32(34,35)22-11-7-20(8-12-22)25(21-9-13-23(14-10-21)42-24-15-17-41-18-16-24)3-1-6-30(39)36-27-4-2-5-28-26(27)19-29(38)31(40)37-28/h1-14,24,29,38H,15-19H2,(H,36,39)(H,37,40)/b6-1+,25-3-. The normalized spacial score (nSPS) is 18.0. The van der Waals surface area contributed by atoms with E-state index in [0.29, 0.717) is 47.0 Å². The lowest BCUT2D eigenvalue weighted by Gasteiger charge is -2.23. The molecule has 0 saturated carbocycles. The molecular weight excluding hydrogens is 549 g/mol. The minimum Gasteiger partial charge on any atom is -0.490 e. The Hall–Kier alpha value is -4.41. The largest absolute Gasteiger partial charge is 0.490 e. The van der Waals surface area contributed by atoms with E-state index < -0.39 is 29.7 Å². The number of aliphatic hydroxyl groups is 1. The van der Waals surface area contributed by atoms with E-state index in [1.807, 2.05) is 24.3 Å². The van der Waals surface area contributed by atoms with Crippen molar-refractivity contribution in [1.82, 2.24) is 0 Å². The van der Waals surface area contributed by atoms with E-state index in [-0.39, 0.29) is 12.5 Å². The van der Waals surface area contributed by atoms with Gasteiger partial charge in [0.1, 0.15) is 18.0 Å². The number of allylic oxidation sites excluding steroid dienone is 2. The van der Waals surface area contributed by atoms with Gasteiger partial charge < -0.3 is 25.2 Å². The molecule has 218 valence electrons. The smallest absolute Gasteiger partial charge is 0.416 e. The number of alkyl halides is 3. The van der Waals surface area contributed by atoms with Gasteiger partial charge in [0.05, 0.1) is 18.8 Å². The minimum absolute atomic E-state index is 0.0609. The number of carbonyl (C=O) groups is 2. The Kier molecular flexibility index (Phi) is 8.75. The third-order valence-corrected chi connectivity index (χ3v) is 7.06. The first-order valence-corrected chi connectivity index (χ1v) is 13.5. The topological polar surface area (TPSA) is 96.9 Å². The molecule has 2 amide bonds. The van der Waals surface area contributed by atoms with Crippen LogP contribution < -0.4 is 15.4 Å². The Morgan fingerprint density at radius 3 is 2.33 bits per heavy atom. The molecule has 0 radical (unpaired) electrons. The summed E-state index contributed by atoms with van der Waals surface area (Å²) >= 11 is 0. The number of hydrogen-bond donors (Lipinski definition) is 3. The Morgan fingerprint density at radius 2 is 1.67 bits per heavy atom. The predicted molar refractivity (Wildman–Crippen MR) is 152 cm³/mol. The summed E-state index contributed by atoms with van der Waals surface area (Å²) in [5, 5.41) is 15.3. The maximum Gasteiger partial charge on any atom is 0.416 e. The molecule has 1 unspecified atom stereocenters. The highest BCUT2D eigenvalue weighted by Crippen LogP contribution is 2.33. The van der Waals surface area contributed by atoms with E-state index in [9.17, 15) is 27.9 Å². The summed E-state index contributed by atoms with van der Waals surface area (Å²) in [5.41, 5.74) is 2.68. The highest BCUT2D eigenvalue weighted by molar-refractivity contribution is 6.03. The Bertz CT molecular complexity index is 1490. The van der Waals surface area contributed by atoms with Crippen molar-refractivity contribution in [3.05, 3.63) is 107 Å². The number of fused-ring (bicyclic) bond motifs is 1. The summed E-state index contributed by atoms with van der Waals surface area (Å²) in [6, 6.07) is 17.1. The second-order valence-corrected chi connectivity index (χ2v) is 10.00. The van der Waals surface area contributed by atoms with Gasteiger partial charge in [0.15, 0.2) is 0 Å². The SMILES string of the molecule is O=C(/C=C/C=C(\c1ccc(OC2CCOCC2)cc1)c1ccc(C(F)(F)F)cc1)Nc1cccc2c1CC(O)C(=O)N2. The van der Waals surface area contributed by atoms with Crippen molar-refractivity contribution in [2.75, 3.05) is 23.8 Å². The van der Waals surface area contributed by atoms with Gasteiger partial charge in [0, 0.05) is 42.3 Å². The average Bonchev–Trinajstić information content (AvgIpc) is 2.97. The van der Waals surface area contributed by atoms with Crippen LogP contribution in [0.15, 0.2) is 85.0 Å². The van der Waals surface area contributed by atoms with Crippen LogP contribution in [-0.2, 0) is 26.9 Å². The van der Waals surface area contributed by atoms with Crippen molar-refractivity contribution in [2.45, 2.75) is 37.6 Å². The molecule has 0 spiro atoms. The second kappa shape index (κ2) is 12.6. The van der Waals surface area contributed by atoms with Crippen molar-refractivity contribution >= 4 is 28.8 Å². The van der Waals surface area contributed by atoms with Crippen molar-refractivity contribution in [3.63, 3.8) is 0 Å². The van der Waals surface area contributed by atoms with Gasteiger partial charge in [-0.1, -0.05) is 42.5 Å². The number of anilines is 2. The fourth-order valence-corrected chi connectivity index (χ4v) is 4.85. The molecule has 0 aromatic heterocycles. The number of amides is 2. The molecule has 3 aromatic carbocycles. The van der Waals surface area contributed by atoms with Crippen LogP contribution in [0.3, 0.4) is 0 Å². The van der Waals surface area contributed by atoms with Crippen molar-refractivity contribution < 1.29 is 37.3 Å². The summed E-state index contributed by atoms with van der Waals surface area (Å²) in [5.74, 6) is -0.284. The zero-order valence-electron chi connectivity index (χ0n) is 22.5. The summed E-state index contributed by atoms with van der Waals surface area (Å²) in [6.07, 6.45) is 0.510. The molecule has 1 saturated heterocycles. The van der Waals surface area contributed by atoms with E-state index in [2.05, 4.69) is 10.6 Å². The van der Waals surface area contributed by atoms with Gasteiger partial charge in [0.25, 0.3) is 5.91 Å². The fourth-order valence-electron chi connectivity index (χ4n) is 4.85. The highest BCUT2D eigenvalue weighted by atomic mass is 19.4. The van der Waals surface area contributed by atoms with Gasteiger partial charge in [0.2, 0.25) is 5.91 Å². The van der Waals surface area contributed by atoms with Crippen molar-refractivity contribution in [3.8, 4) is 5.75 Å². The highest BCUT2D eigenvalue weighted by Gasteiger charge is 2.30. The summed E-state index contributed by atoms with van der Waals surface area (Å²) in [6.45, 7) is 1.30. The van der Waals surface area contributed by atoms with E-state index >= 15 is 0 Å². The number of carbonyl (C=O) groups excluding carboxylic acids is 2. The molecule has 5 rings (SSSR count).